The summed E-state index contributed by atoms with van der Waals surface area (Å²) in [4.78, 5) is 31.5. The van der Waals surface area contributed by atoms with Crippen molar-refractivity contribution >= 4 is 16.9 Å². The average Bonchev–Trinajstić information content (AvgIpc) is 3.11. The summed E-state index contributed by atoms with van der Waals surface area (Å²) in [5, 5.41) is 0.547. The maximum absolute atomic E-state index is 13.8. The average molecular weight is 463 g/mol. The molecule has 3 aromatic rings. The Bertz CT molecular complexity index is 1270. The Kier molecular flexibility index (Phi) is 6.15. The molecule has 2 aliphatic rings. The Morgan fingerprint density at radius 2 is 1.76 bits per heavy atom. The first-order valence-corrected chi connectivity index (χ1v) is 11.8. The molecular weight excluding hydrogens is 432 g/mol. The molecule has 2 aliphatic heterocycles. The Hall–Kier alpha value is -3.16. The van der Waals surface area contributed by atoms with Gasteiger partial charge in [-0.05, 0) is 55.2 Å². The number of morpholine rings is 1. The standard InChI is InChI=1S/C27H30N2O5/c1-17-15-18(2)22-21(16-17)34-26-23(25(22)30)24(19-5-7-20(32-3)8-6-19)29(27(26)31)10-4-9-28-11-13-33-14-12-28/h5-8,15-16,24H,4,9-14H2,1-3H3/t24-/m0/s1. The van der Waals surface area contributed by atoms with Gasteiger partial charge in [-0.15, -0.1) is 0 Å². The van der Waals surface area contributed by atoms with Crippen LogP contribution in [-0.2, 0) is 4.74 Å². The molecule has 0 N–H and O–H groups in total. The highest BCUT2D eigenvalue weighted by atomic mass is 16.5. The maximum atomic E-state index is 13.8. The number of rotatable bonds is 6. The molecule has 7 heteroatoms. The van der Waals surface area contributed by atoms with Gasteiger partial charge in [0.05, 0.1) is 37.3 Å². The van der Waals surface area contributed by atoms with Gasteiger partial charge in [0.1, 0.15) is 11.3 Å². The van der Waals surface area contributed by atoms with Crippen LogP contribution in [0, 0.1) is 13.8 Å². The van der Waals surface area contributed by atoms with Gasteiger partial charge in [-0.2, -0.15) is 0 Å². The molecule has 1 aromatic heterocycles. The molecule has 2 aromatic carbocycles. The molecule has 1 saturated heterocycles. The molecule has 178 valence electrons. The van der Waals surface area contributed by atoms with Gasteiger partial charge in [-0.3, -0.25) is 14.5 Å². The fourth-order valence-corrected chi connectivity index (χ4v) is 5.17. The van der Waals surface area contributed by atoms with Gasteiger partial charge in [-0.25, -0.2) is 0 Å². The third-order valence-electron chi connectivity index (χ3n) is 6.82. The molecule has 1 atom stereocenters. The largest absolute Gasteiger partial charge is 0.497 e. The monoisotopic (exact) mass is 462 g/mol. The topological polar surface area (TPSA) is 72.2 Å². The van der Waals surface area contributed by atoms with Crippen LogP contribution in [0.3, 0.4) is 0 Å². The van der Waals surface area contributed by atoms with E-state index in [0.29, 0.717) is 23.1 Å². The van der Waals surface area contributed by atoms with E-state index in [9.17, 15) is 9.59 Å². The number of fused-ring (bicyclic) bond motifs is 2. The summed E-state index contributed by atoms with van der Waals surface area (Å²) < 4.78 is 16.9. The summed E-state index contributed by atoms with van der Waals surface area (Å²) in [6.45, 7) is 8.57. The summed E-state index contributed by atoms with van der Waals surface area (Å²) in [7, 11) is 1.62. The van der Waals surface area contributed by atoms with Crippen LogP contribution in [0.2, 0.25) is 0 Å². The third kappa shape index (κ3) is 3.99. The minimum Gasteiger partial charge on any atom is -0.497 e. The summed E-state index contributed by atoms with van der Waals surface area (Å²) >= 11 is 0. The molecule has 1 amide bonds. The Morgan fingerprint density at radius 3 is 2.47 bits per heavy atom. The van der Waals surface area contributed by atoms with Gasteiger partial charge in [0.2, 0.25) is 5.76 Å². The van der Waals surface area contributed by atoms with Crippen LogP contribution in [0.15, 0.2) is 45.6 Å². The lowest BCUT2D eigenvalue weighted by Gasteiger charge is -2.29. The first-order chi connectivity index (χ1) is 16.5. The Labute approximate surface area is 198 Å². The van der Waals surface area contributed by atoms with Gasteiger partial charge in [-0.1, -0.05) is 18.2 Å². The van der Waals surface area contributed by atoms with Gasteiger partial charge in [0, 0.05) is 26.2 Å². The Morgan fingerprint density at radius 1 is 1.03 bits per heavy atom. The van der Waals surface area contributed by atoms with Crippen LogP contribution in [0.25, 0.3) is 11.0 Å². The van der Waals surface area contributed by atoms with Crippen molar-refractivity contribution in [2.75, 3.05) is 46.5 Å². The minimum absolute atomic E-state index is 0.126. The number of ether oxygens (including phenoxy) is 2. The second kappa shape index (κ2) is 9.24. The van der Waals surface area contributed by atoms with Gasteiger partial charge < -0.3 is 18.8 Å². The van der Waals surface area contributed by atoms with E-state index in [-0.39, 0.29) is 17.1 Å². The zero-order valence-corrected chi connectivity index (χ0v) is 19.9. The highest BCUT2D eigenvalue weighted by Gasteiger charge is 2.42. The van der Waals surface area contributed by atoms with Crippen molar-refractivity contribution in [1.29, 1.82) is 0 Å². The highest BCUT2D eigenvalue weighted by molar-refractivity contribution is 5.99. The second-order valence-electron chi connectivity index (χ2n) is 9.11. The molecule has 1 fully saturated rings. The van der Waals surface area contributed by atoms with Crippen LogP contribution in [0.4, 0.5) is 0 Å². The Balaban J connectivity index is 1.56. The number of methoxy groups -OCH3 is 1. The van der Waals surface area contributed by atoms with E-state index in [4.69, 9.17) is 13.9 Å². The zero-order chi connectivity index (χ0) is 23.8. The van der Waals surface area contributed by atoms with E-state index < -0.39 is 6.04 Å². The van der Waals surface area contributed by atoms with Crippen molar-refractivity contribution in [2.24, 2.45) is 0 Å². The fourth-order valence-electron chi connectivity index (χ4n) is 5.17. The van der Waals surface area contributed by atoms with E-state index >= 15 is 0 Å². The van der Waals surface area contributed by atoms with Crippen molar-refractivity contribution in [3.63, 3.8) is 0 Å². The minimum atomic E-state index is -0.487. The lowest BCUT2D eigenvalue weighted by atomic mass is 9.96. The van der Waals surface area contributed by atoms with Crippen LogP contribution in [0.1, 0.15) is 45.3 Å². The van der Waals surface area contributed by atoms with Crippen molar-refractivity contribution in [1.82, 2.24) is 9.80 Å². The first-order valence-electron chi connectivity index (χ1n) is 11.8. The van der Waals surface area contributed by atoms with Crippen molar-refractivity contribution in [3.05, 3.63) is 74.6 Å². The van der Waals surface area contributed by atoms with Gasteiger partial charge in [0.15, 0.2) is 5.43 Å². The van der Waals surface area contributed by atoms with Gasteiger partial charge in [0.25, 0.3) is 5.91 Å². The number of aryl methyl sites for hydroxylation is 2. The molecule has 0 radical (unpaired) electrons. The summed E-state index contributed by atoms with van der Waals surface area (Å²) in [5.74, 6) is 0.662. The normalized spacial score (nSPS) is 18.5. The predicted octanol–water partition coefficient (Wildman–Crippen LogP) is 3.69. The van der Waals surface area contributed by atoms with E-state index in [1.165, 1.54) is 0 Å². The molecule has 0 saturated carbocycles. The molecule has 0 bridgehead atoms. The van der Waals surface area contributed by atoms with Crippen LogP contribution >= 0.6 is 0 Å². The lowest BCUT2D eigenvalue weighted by Crippen LogP contribution is -2.38. The van der Waals surface area contributed by atoms with E-state index in [0.717, 1.165) is 61.7 Å². The first kappa shape index (κ1) is 22.6. The summed E-state index contributed by atoms with van der Waals surface area (Å²) in [6, 6.07) is 10.9. The molecule has 0 spiro atoms. The number of carbonyl (C=O) groups excluding carboxylic acids is 1. The number of amides is 1. The fraction of sp³-hybridized carbons (Fsp3) is 0.407. The van der Waals surface area contributed by atoms with Crippen molar-refractivity contribution in [2.45, 2.75) is 26.3 Å². The predicted molar refractivity (Wildman–Crippen MR) is 130 cm³/mol. The molecule has 0 aliphatic carbocycles. The molecule has 34 heavy (non-hydrogen) atoms. The summed E-state index contributed by atoms with van der Waals surface area (Å²) in [6.07, 6.45) is 0.804. The van der Waals surface area contributed by atoms with Crippen molar-refractivity contribution in [3.8, 4) is 5.75 Å². The number of hydrogen-bond acceptors (Lipinski definition) is 6. The van der Waals surface area contributed by atoms with E-state index in [1.54, 1.807) is 12.0 Å². The SMILES string of the molecule is COc1ccc([C@H]2c3c(oc4cc(C)cc(C)c4c3=O)C(=O)N2CCCN2CCOCC2)cc1. The van der Waals surface area contributed by atoms with Crippen molar-refractivity contribution < 1.29 is 18.7 Å². The van der Waals surface area contributed by atoms with Crippen LogP contribution in [-0.4, -0.2) is 62.2 Å². The van der Waals surface area contributed by atoms with E-state index in [1.807, 2.05) is 50.2 Å². The van der Waals surface area contributed by atoms with Crippen LogP contribution in [0.5, 0.6) is 5.75 Å². The third-order valence-corrected chi connectivity index (χ3v) is 6.82. The van der Waals surface area contributed by atoms with E-state index in [2.05, 4.69) is 4.90 Å². The van der Waals surface area contributed by atoms with Crippen LogP contribution < -0.4 is 10.2 Å². The number of benzene rings is 2. The molecule has 5 rings (SSSR count). The quantitative estimate of drug-likeness (QED) is 0.557. The molecule has 7 nitrogen and oxygen atoms in total. The summed E-state index contributed by atoms with van der Waals surface area (Å²) in [5.41, 5.74) is 3.50. The number of carbonyl (C=O) groups is 1. The molecule has 3 heterocycles. The van der Waals surface area contributed by atoms with Gasteiger partial charge >= 0.3 is 0 Å². The zero-order valence-electron chi connectivity index (χ0n) is 19.9. The highest BCUT2D eigenvalue weighted by Crippen LogP contribution is 2.39. The maximum Gasteiger partial charge on any atom is 0.290 e. The second-order valence-corrected chi connectivity index (χ2v) is 9.11. The smallest absolute Gasteiger partial charge is 0.290 e. The number of nitrogens with zero attached hydrogens (tertiary/aromatic N) is 2. The number of hydrogen-bond donors (Lipinski definition) is 0. The molecular formula is C27H30N2O5. The molecule has 0 unspecified atom stereocenters. The lowest BCUT2D eigenvalue weighted by molar-refractivity contribution is 0.0353.